The van der Waals surface area contributed by atoms with Gasteiger partial charge in [0.05, 0.1) is 7.11 Å². The number of halogens is 1. The molecule has 82 valence electrons. The first-order valence-corrected chi connectivity index (χ1v) is 5.25. The first kappa shape index (κ1) is 10.9. The van der Waals surface area contributed by atoms with Gasteiger partial charge in [-0.25, -0.2) is 9.97 Å². The molecule has 2 rings (SSSR count). The number of ether oxygens (including phenoxy) is 1. The standard InChI is InChI=1S/C12H11ClN2O/c1-16-11-5-3-2-4-9(11)6-10-7-12(13)15-8-14-10/h2-5,7-8H,6H2,1H3. The monoisotopic (exact) mass is 234 g/mol. The molecule has 0 radical (unpaired) electrons. The Morgan fingerprint density at radius 3 is 2.81 bits per heavy atom. The summed E-state index contributed by atoms with van der Waals surface area (Å²) < 4.78 is 5.27. The molecular formula is C12H11ClN2O. The van der Waals surface area contributed by atoms with E-state index in [0.717, 1.165) is 17.0 Å². The van der Waals surface area contributed by atoms with Crippen molar-refractivity contribution >= 4 is 11.6 Å². The Hall–Kier alpha value is -1.61. The van der Waals surface area contributed by atoms with Crippen LogP contribution in [0.2, 0.25) is 5.15 Å². The minimum absolute atomic E-state index is 0.458. The Balaban J connectivity index is 2.26. The van der Waals surface area contributed by atoms with Crippen LogP contribution in [0.4, 0.5) is 0 Å². The third-order valence-corrected chi connectivity index (χ3v) is 2.46. The van der Waals surface area contributed by atoms with Crippen molar-refractivity contribution in [2.45, 2.75) is 6.42 Å². The van der Waals surface area contributed by atoms with E-state index in [0.29, 0.717) is 11.6 Å². The Morgan fingerprint density at radius 2 is 2.06 bits per heavy atom. The molecule has 2 aromatic rings. The summed E-state index contributed by atoms with van der Waals surface area (Å²) in [4.78, 5) is 8.01. The van der Waals surface area contributed by atoms with E-state index >= 15 is 0 Å². The highest BCUT2D eigenvalue weighted by Crippen LogP contribution is 2.20. The van der Waals surface area contributed by atoms with E-state index in [1.807, 2.05) is 24.3 Å². The Kier molecular flexibility index (Phi) is 3.37. The van der Waals surface area contributed by atoms with Gasteiger partial charge in [0.15, 0.2) is 0 Å². The van der Waals surface area contributed by atoms with Crippen LogP contribution in [0.5, 0.6) is 5.75 Å². The quantitative estimate of drug-likeness (QED) is 0.766. The summed E-state index contributed by atoms with van der Waals surface area (Å²) in [5, 5.41) is 0.458. The molecule has 0 spiro atoms. The molecule has 1 aromatic heterocycles. The predicted octanol–water partition coefficient (Wildman–Crippen LogP) is 2.73. The van der Waals surface area contributed by atoms with Gasteiger partial charge in [0.2, 0.25) is 0 Å². The van der Waals surface area contributed by atoms with Gasteiger partial charge >= 0.3 is 0 Å². The number of hydrogen-bond acceptors (Lipinski definition) is 3. The van der Waals surface area contributed by atoms with Gasteiger partial charge in [-0.3, -0.25) is 0 Å². The maximum Gasteiger partial charge on any atom is 0.132 e. The van der Waals surface area contributed by atoms with E-state index in [9.17, 15) is 0 Å². The third-order valence-electron chi connectivity index (χ3n) is 2.25. The zero-order chi connectivity index (χ0) is 11.4. The normalized spacial score (nSPS) is 10.1. The fraction of sp³-hybridized carbons (Fsp3) is 0.167. The molecule has 0 aliphatic carbocycles. The van der Waals surface area contributed by atoms with Gasteiger partial charge in [-0.2, -0.15) is 0 Å². The van der Waals surface area contributed by atoms with Gasteiger partial charge < -0.3 is 4.74 Å². The van der Waals surface area contributed by atoms with Crippen LogP contribution in [0.25, 0.3) is 0 Å². The SMILES string of the molecule is COc1ccccc1Cc1cc(Cl)ncn1. The summed E-state index contributed by atoms with van der Waals surface area (Å²) in [6, 6.07) is 9.61. The van der Waals surface area contributed by atoms with E-state index in [-0.39, 0.29) is 0 Å². The molecule has 0 amide bonds. The van der Waals surface area contributed by atoms with Crippen molar-refractivity contribution in [2.24, 2.45) is 0 Å². The average molecular weight is 235 g/mol. The van der Waals surface area contributed by atoms with Crippen LogP contribution in [0.3, 0.4) is 0 Å². The second-order valence-corrected chi connectivity index (χ2v) is 3.71. The second-order valence-electron chi connectivity index (χ2n) is 3.32. The maximum atomic E-state index is 5.80. The second kappa shape index (κ2) is 4.94. The number of hydrogen-bond donors (Lipinski definition) is 0. The summed E-state index contributed by atoms with van der Waals surface area (Å²) in [5.74, 6) is 0.859. The largest absolute Gasteiger partial charge is 0.496 e. The van der Waals surface area contributed by atoms with Crippen LogP contribution in [0, 0.1) is 0 Å². The summed E-state index contributed by atoms with van der Waals surface area (Å²) in [7, 11) is 1.66. The van der Waals surface area contributed by atoms with Crippen molar-refractivity contribution in [1.82, 2.24) is 9.97 Å². The first-order chi connectivity index (χ1) is 7.79. The molecule has 16 heavy (non-hydrogen) atoms. The van der Waals surface area contributed by atoms with E-state index < -0.39 is 0 Å². The molecule has 4 heteroatoms. The summed E-state index contributed by atoms with van der Waals surface area (Å²) in [5.41, 5.74) is 1.96. The average Bonchev–Trinajstić information content (AvgIpc) is 2.30. The van der Waals surface area contributed by atoms with Crippen molar-refractivity contribution in [1.29, 1.82) is 0 Å². The summed E-state index contributed by atoms with van der Waals surface area (Å²) >= 11 is 5.80. The molecule has 0 bridgehead atoms. The number of methoxy groups -OCH3 is 1. The molecular weight excluding hydrogens is 224 g/mol. The van der Waals surface area contributed by atoms with Crippen molar-refractivity contribution in [3.8, 4) is 5.75 Å². The molecule has 1 aromatic carbocycles. The molecule has 0 saturated heterocycles. The molecule has 0 aliphatic heterocycles. The van der Waals surface area contributed by atoms with Gasteiger partial charge in [0, 0.05) is 17.7 Å². The lowest BCUT2D eigenvalue weighted by atomic mass is 10.1. The van der Waals surface area contributed by atoms with Crippen molar-refractivity contribution in [3.63, 3.8) is 0 Å². The highest BCUT2D eigenvalue weighted by Gasteiger charge is 2.04. The van der Waals surface area contributed by atoms with Crippen LogP contribution in [0.1, 0.15) is 11.3 Å². The van der Waals surface area contributed by atoms with E-state index in [1.54, 1.807) is 13.2 Å². The fourth-order valence-electron chi connectivity index (χ4n) is 1.51. The smallest absolute Gasteiger partial charge is 0.132 e. The third kappa shape index (κ3) is 2.49. The lowest BCUT2D eigenvalue weighted by Gasteiger charge is -2.07. The lowest BCUT2D eigenvalue weighted by molar-refractivity contribution is 0.410. The topological polar surface area (TPSA) is 35.0 Å². The van der Waals surface area contributed by atoms with E-state index in [2.05, 4.69) is 9.97 Å². The zero-order valence-corrected chi connectivity index (χ0v) is 9.61. The molecule has 0 saturated carbocycles. The maximum absolute atomic E-state index is 5.80. The zero-order valence-electron chi connectivity index (χ0n) is 8.85. The Labute approximate surface area is 99.1 Å². The van der Waals surface area contributed by atoms with Gasteiger partial charge in [0.1, 0.15) is 17.2 Å². The molecule has 0 atom stereocenters. The first-order valence-electron chi connectivity index (χ1n) is 4.88. The van der Waals surface area contributed by atoms with Crippen LogP contribution in [-0.4, -0.2) is 17.1 Å². The van der Waals surface area contributed by atoms with E-state index in [4.69, 9.17) is 16.3 Å². The number of aromatic nitrogens is 2. The molecule has 0 unspecified atom stereocenters. The van der Waals surface area contributed by atoms with Crippen molar-refractivity contribution in [3.05, 3.63) is 53.1 Å². The highest BCUT2D eigenvalue weighted by molar-refractivity contribution is 6.29. The lowest BCUT2D eigenvalue weighted by Crippen LogP contribution is -1.96. The van der Waals surface area contributed by atoms with Gasteiger partial charge in [0.25, 0.3) is 0 Å². The van der Waals surface area contributed by atoms with Crippen LogP contribution in [0.15, 0.2) is 36.7 Å². The van der Waals surface area contributed by atoms with E-state index in [1.165, 1.54) is 6.33 Å². The Morgan fingerprint density at radius 1 is 1.25 bits per heavy atom. The fourth-order valence-corrected chi connectivity index (χ4v) is 1.68. The molecule has 0 aliphatic rings. The summed E-state index contributed by atoms with van der Waals surface area (Å²) in [6.07, 6.45) is 2.15. The molecule has 1 heterocycles. The Bertz CT molecular complexity index is 488. The van der Waals surface area contributed by atoms with Crippen molar-refractivity contribution in [2.75, 3.05) is 7.11 Å². The summed E-state index contributed by atoms with van der Waals surface area (Å²) in [6.45, 7) is 0. The van der Waals surface area contributed by atoms with Crippen LogP contribution < -0.4 is 4.74 Å². The number of rotatable bonds is 3. The highest BCUT2D eigenvalue weighted by atomic mass is 35.5. The number of para-hydroxylation sites is 1. The van der Waals surface area contributed by atoms with Gasteiger partial charge in [-0.1, -0.05) is 29.8 Å². The van der Waals surface area contributed by atoms with Gasteiger partial charge in [-0.05, 0) is 12.1 Å². The minimum Gasteiger partial charge on any atom is -0.496 e. The minimum atomic E-state index is 0.458. The molecule has 3 nitrogen and oxygen atoms in total. The predicted molar refractivity (Wildman–Crippen MR) is 62.8 cm³/mol. The van der Waals surface area contributed by atoms with Crippen molar-refractivity contribution < 1.29 is 4.74 Å². The molecule has 0 N–H and O–H groups in total. The molecule has 0 fully saturated rings. The number of nitrogens with zero attached hydrogens (tertiary/aromatic N) is 2. The van der Waals surface area contributed by atoms with Gasteiger partial charge in [-0.15, -0.1) is 0 Å². The van der Waals surface area contributed by atoms with Crippen LogP contribution in [-0.2, 0) is 6.42 Å². The number of benzene rings is 1. The van der Waals surface area contributed by atoms with Crippen LogP contribution >= 0.6 is 11.6 Å².